The summed E-state index contributed by atoms with van der Waals surface area (Å²) >= 11 is 5.88. The first kappa shape index (κ1) is 10.7. The fourth-order valence-corrected chi connectivity index (χ4v) is 2.30. The number of benzene rings is 1. The fraction of sp³-hybridized carbons (Fsp3) is 0.308. The Labute approximate surface area is 105 Å². The molecule has 1 saturated carbocycles. The predicted molar refractivity (Wildman–Crippen MR) is 67.9 cm³/mol. The van der Waals surface area contributed by atoms with E-state index in [4.69, 9.17) is 21.9 Å². The van der Waals surface area contributed by atoms with Crippen LogP contribution in [-0.4, -0.2) is 5.16 Å². The second-order valence-electron chi connectivity index (χ2n) is 4.63. The van der Waals surface area contributed by atoms with Gasteiger partial charge < -0.3 is 10.3 Å². The van der Waals surface area contributed by atoms with Gasteiger partial charge in [0, 0.05) is 10.9 Å². The van der Waals surface area contributed by atoms with E-state index < -0.39 is 0 Å². The van der Waals surface area contributed by atoms with Crippen LogP contribution in [0.2, 0.25) is 5.02 Å². The van der Waals surface area contributed by atoms with Gasteiger partial charge in [-0.05, 0) is 30.0 Å². The first-order chi connectivity index (χ1) is 8.16. The minimum atomic E-state index is 0.390. The summed E-state index contributed by atoms with van der Waals surface area (Å²) in [6, 6.07) is 7.59. The molecule has 2 unspecified atom stereocenters. The van der Waals surface area contributed by atoms with Crippen molar-refractivity contribution in [2.24, 2.45) is 5.92 Å². The van der Waals surface area contributed by atoms with Crippen molar-refractivity contribution in [3.05, 3.63) is 35.0 Å². The molecule has 1 aromatic heterocycles. The standard InChI is InChI=1S/C13H13ClN2O/c1-7-6-10(7)12-11(13(15)17-16-12)8-2-4-9(14)5-3-8/h2-5,7,10H,6,15H2,1H3. The van der Waals surface area contributed by atoms with Crippen molar-refractivity contribution in [1.29, 1.82) is 0 Å². The third-order valence-corrected chi connectivity index (χ3v) is 3.59. The van der Waals surface area contributed by atoms with E-state index in [1.807, 2.05) is 24.3 Å². The maximum atomic E-state index is 5.88. The van der Waals surface area contributed by atoms with Gasteiger partial charge in [0.1, 0.15) is 0 Å². The van der Waals surface area contributed by atoms with E-state index in [1.54, 1.807) is 0 Å². The van der Waals surface area contributed by atoms with Crippen LogP contribution in [0.25, 0.3) is 11.1 Å². The second kappa shape index (κ2) is 3.77. The highest BCUT2D eigenvalue weighted by Gasteiger charge is 2.39. The molecule has 2 N–H and O–H groups in total. The van der Waals surface area contributed by atoms with E-state index in [2.05, 4.69) is 12.1 Å². The molecule has 1 aromatic carbocycles. The Bertz CT molecular complexity index is 547. The van der Waals surface area contributed by atoms with E-state index >= 15 is 0 Å². The highest BCUT2D eigenvalue weighted by Crippen LogP contribution is 2.50. The first-order valence-corrected chi connectivity index (χ1v) is 6.05. The van der Waals surface area contributed by atoms with Crippen molar-refractivity contribution in [1.82, 2.24) is 5.16 Å². The lowest BCUT2D eigenvalue weighted by molar-refractivity contribution is 0.427. The SMILES string of the molecule is CC1CC1c1noc(N)c1-c1ccc(Cl)cc1. The Balaban J connectivity index is 2.07. The quantitative estimate of drug-likeness (QED) is 0.882. The molecule has 17 heavy (non-hydrogen) atoms. The Kier molecular flexibility index (Phi) is 2.37. The highest BCUT2D eigenvalue weighted by molar-refractivity contribution is 6.30. The van der Waals surface area contributed by atoms with Crippen molar-refractivity contribution < 1.29 is 4.52 Å². The largest absolute Gasteiger partial charge is 0.367 e. The second-order valence-corrected chi connectivity index (χ2v) is 5.07. The Morgan fingerprint density at radius 1 is 1.35 bits per heavy atom. The molecular formula is C13H13ClN2O. The van der Waals surface area contributed by atoms with Crippen molar-refractivity contribution in [2.75, 3.05) is 5.73 Å². The van der Waals surface area contributed by atoms with Crippen LogP contribution in [0.3, 0.4) is 0 Å². The molecule has 4 heteroatoms. The van der Waals surface area contributed by atoms with E-state index in [0.29, 0.717) is 22.7 Å². The van der Waals surface area contributed by atoms with Crippen molar-refractivity contribution in [2.45, 2.75) is 19.3 Å². The average molecular weight is 249 g/mol. The van der Waals surface area contributed by atoms with E-state index in [-0.39, 0.29) is 0 Å². The van der Waals surface area contributed by atoms with Crippen LogP contribution in [0.5, 0.6) is 0 Å². The predicted octanol–water partition coefficient (Wildman–Crippen LogP) is 3.70. The molecule has 0 amide bonds. The number of anilines is 1. The normalized spacial score (nSPS) is 22.7. The number of nitrogens with two attached hydrogens (primary N) is 1. The number of halogens is 1. The number of aromatic nitrogens is 1. The molecule has 0 saturated heterocycles. The third kappa shape index (κ3) is 1.80. The Morgan fingerprint density at radius 3 is 2.59 bits per heavy atom. The number of hydrogen-bond acceptors (Lipinski definition) is 3. The molecular weight excluding hydrogens is 236 g/mol. The minimum absolute atomic E-state index is 0.390. The van der Waals surface area contributed by atoms with E-state index in [9.17, 15) is 0 Å². The van der Waals surface area contributed by atoms with Crippen LogP contribution >= 0.6 is 11.6 Å². The lowest BCUT2D eigenvalue weighted by Crippen LogP contribution is -1.90. The van der Waals surface area contributed by atoms with Crippen LogP contribution in [0.4, 0.5) is 5.88 Å². The van der Waals surface area contributed by atoms with Crippen LogP contribution < -0.4 is 5.73 Å². The topological polar surface area (TPSA) is 52.0 Å². The van der Waals surface area contributed by atoms with Crippen LogP contribution in [0.1, 0.15) is 25.0 Å². The molecule has 1 heterocycles. The zero-order valence-corrected chi connectivity index (χ0v) is 10.2. The Hall–Kier alpha value is -1.48. The third-order valence-electron chi connectivity index (χ3n) is 3.34. The number of hydrogen-bond donors (Lipinski definition) is 1. The van der Waals surface area contributed by atoms with Crippen molar-refractivity contribution in [3.8, 4) is 11.1 Å². The Morgan fingerprint density at radius 2 is 2.00 bits per heavy atom. The van der Waals surface area contributed by atoms with Crippen molar-refractivity contribution >= 4 is 17.5 Å². The first-order valence-electron chi connectivity index (χ1n) is 5.68. The molecule has 0 aliphatic heterocycles. The highest BCUT2D eigenvalue weighted by atomic mass is 35.5. The molecule has 88 valence electrons. The van der Waals surface area contributed by atoms with Gasteiger partial charge in [-0.1, -0.05) is 35.8 Å². The molecule has 2 aromatic rings. The lowest BCUT2D eigenvalue weighted by Gasteiger charge is -2.01. The van der Waals surface area contributed by atoms with Crippen LogP contribution in [0.15, 0.2) is 28.8 Å². The van der Waals surface area contributed by atoms with Gasteiger partial charge >= 0.3 is 0 Å². The maximum Gasteiger partial charge on any atom is 0.230 e. The monoisotopic (exact) mass is 248 g/mol. The molecule has 0 bridgehead atoms. The zero-order valence-electron chi connectivity index (χ0n) is 9.48. The van der Waals surface area contributed by atoms with Gasteiger partial charge in [0.05, 0.1) is 11.3 Å². The van der Waals surface area contributed by atoms with Gasteiger partial charge in [-0.3, -0.25) is 0 Å². The summed E-state index contributed by atoms with van der Waals surface area (Å²) in [5.74, 6) is 1.55. The van der Waals surface area contributed by atoms with Crippen molar-refractivity contribution in [3.63, 3.8) is 0 Å². The summed E-state index contributed by atoms with van der Waals surface area (Å²) in [6.07, 6.45) is 1.16. The molecule has 0 radical (unpaired) electrons. The zero-order chi connectivity index (χ0) is 12.0. The lowest BCUT2D eigenvalue weighted by atomic mass is 10.0. The molecule has 3 nitrogen and oxygen atoms in total. The molecule has 0 spiro atoms. The summed E-state index contributed by atoms with van der Waals surface area (Å²) in [5.41, 5.74) is 8.79. The van der Waals surface area contributed by atoms with E-state index in [0.717, 1.165) is 23.2 Å². The average Bonchev–Trinajstić information content (AvgIpc) is 2.90. The van der Waals surface area contributed by atoms with Crippen LogP contribution in [-0.2, 0) is 0 Å². The summed E-state index contributed by atoms with van der Waals surface area (Å²) in [5, 5.41) is 4.81. The molecule has 1 aliphatic rings. The van der Waals surface area contributed by atoms with Crippen LogP contribution in [0, 0.1) is 5.92 Å². The van der Waals surface area contributed by atoms with Gasteiger partial charge in [0.2, 0.25) is 5.88 Å². The summed E-state index contributed by atoms with van der Waals surface area (Å²) in [6.45, 7) is 2.21. The fourth-order valence-electron chi connectivity index (χ4n) is 2.18. The van der Waals surface area contributed by atoms with Gasteiger partial charge in [-0.15, -0.1) is 0 Å². The molecule has 3 rings (SSSR count). The smallest absolute Gasteiger partial charge is 0.230 e. The summed E-state index contributed by atoms with van der Waals surface area (Å²) in [7, 11) is 0. The summed E-state index contributed by atoms with van der Waals surface area (Å²) in [4.78, 5) is 0. The van der Waals surface area contributed by atoms with Gasteiger partial charge in [-0.25, -0.2) is 0 Å². The van der Waals surface area contributed by atoms with E-state index in [1.165, 1.54) is 0 Å². The maximum absolute atomic E-state index is 5.88. The number of rotatable bonds is 2. The summed E-state index contributed by atoms with van der Waals surface area (Å²) < 4.78 is 5.12. The number of nitrogen functional groups attached to an aromatic ring is 1. The molecule has 2 atom stereocenters. The molecule has 1 fully saturated rings. The van der Waals surface area contributed by atoms with Gasteiger partial charge in [0.15, 0.2) is 0 Å². The molecule has 1 aliphatic carbocycles. The van der Waals surface area contributed by atoms with Gasteiger partial charge in [-0.2, -0.15) is 0 Å². The minimum Gasteiger partial charge on any atom is -0.367 e. The number of nitrogens with zero attached hydrogens (tertiary/aromatic N) is 1. The van der Waals surface area contributed by atoms with Gasteiger partial charge in [0.25, 0.3) is 0 Å².